The number of amides is 1. The van der Waals surface area contributed by atoms with Crippen LogP contribution >= 0.6 is 0 Å². The molecule has 0 aliphatic rings. The van der Waals surface area contributed by atoms with E-state index in [4.69, 9.17) is 4.52 Å². The van der Waals surface area contributed by atoms with Crippen LogP contribution in [0.4, 0.5) is 0 Å². The van der Waals surface area contributed by atoms with Crippen molar-refractivity contribution in [3.8, 4) is 0 Å². The van der Waals surface area contributed by atoms with Crippen LogP contribution < -0.4 is 5.32 Å². The predicted molar refractivity (Wildman–Crippen MR) is 76.4 cm³/mol. The van der Waals surface area contributed by atoms with E-state index < -0.39 is 17.9 Å². The number of aliphatic carboxylic acids is 1. The van der Waals surface area contributed by atoms with Gasteiger partial charge in [-0.2, -0.15) is 5.10 Å². The molecule has 2 heterocycles. The minimum Gasteiger partial charge on any atom is -0.479 e. The number of aryl methyl sites for hydroxylation is 3. The molecular weight excluding hydrogens is 288 g/mol. The van der Waals surface area contributed by atoms with Crippen LogP contribution in [0.5, 0.6) is 0 Å². The fraction of sp³-hybridized carbons (Fsp3) is 0.429. The molecule has 0 aromatic carbocycles. The first-order chi connectivity index (χ1) is 10.4. The van der Waals surface area contributed by atoms with Gasteiger partial charge in [0.15, 0.2) is 11.7 Å². The molecule has 0 unspecified atom stereocenters. The van der Waals surface area contributed by atoms with E-state index in [1.807, 2.05) is 6.92 Å². The molecule has 2 rings (SSSR count). The molecule has 0 saturated carbocycles. The number of carboxylic acids is 1. The summed E-state index contributed by atoms with van der Waals surface area (Å²) in [7, 11) is 0. The second-order valence-electron chi connectivity index (χ2n) is 5.02. The lowest BCUT2D eigenvalue weighted by Crippen LogP contribution is -2.34. The maximum absolute atomic E-state index is 12.2. The van der Waals surface area contributed by atoms with Crippen molar-refractivity contribution < 1.29 is 19.2 Å². The van der Waals surface area contributed by atoms with Gasteiger partial charge in [-0.1, -0.05) is 12.1 Å². The minimum absolute atomic E-state index is 0.0634. The first-order valence-electron chi connectivity index (χ1n) is 6.94. The molecule has 0 spiro atoms. The second-order valence-corrected chi connectivity index (χ2v) is 5.02. The van der Waals surface area contributed by atoms with Gasteiger partial charge in [-0.15, -0.1) is 0 Å². The Balaban J connectivity index is 2.21. The topological polar surface area (TPSA) is 121 Å². The van der Waals surface area contributed by atoms with Crippen molar-refractivity contribution in [3.63, 3.8) is 0 Å². The SMILES string of the molecule is CCCc1cc(C(=O)N[C@@H](C(=O)O)c2c(C)n[nH]c2C)no1. The van der Waals surface area contributed by atoms with E-state index >= 15 is 0 Å². The largest absolute Gasteiger partial charge is 0.479 e. The molecule has 1 atom stereocenters. The third kappa shape index (κ3) is 3.16. The minimum atomic E-state index is -1.20. The van der Waals surface area contributed by atoms with Crippen LogP contribution in [0, 0.1) is 13.8 Å². The van der Waals surface area contributed by atoms with Crippen LogP contribution in [0.2, 0.25) is 0 Å². The number of carboxylic acid groups (broad SMARTS) is 1. The van der Waals surface area contributed by atoms with Crippen molar-refractivity contribution in [2.24, 2.45) is 0 Å². The average molecular weight is 306 g/mol. The summed E-state index contributed by atoms with van der Waals surface area (Å²) in [5.41, 5.74) is 1.63. The number of H-pyrrole nitrogens is 1. The fourth-order valence-corrected chi connectivity index (χ4v) is 2.23. The summed E-state index contributed by atoms with van der Waals surface area (Å²) >= 11 is 0. The Morgan fingerprint density at radius 3 is 2.73 bits per heavy atom. The first kappa shape index (κ1) is 15.7. The molecule has 8 nitrogen and oxygen atoms in total. The summed E-state index contributed by atoms with van der Waals surface area (Å²) in [6, 6.07) is 0.324. The zero-order chi connectivity index (χ0) is 16.3. The molecule has 2 aromatic rings. The van der Waals surface area contributed by atoms with E-state index in [0.29, 0.717) is 29.1 Å². The van der Waals surface area contributed by atoms with Gasteiger partial charge in [0.2, 0.25) is 0 Å². The molecule has 22 heavy (non-hydrogen) atoms. The van der Waals surface area contributed by atoms with Crippen LogP contribution in [0.15, 0.2) is 10.6 Å². The lowest BCUT2D eigenvalue weighted by molar-refractivity contribution is -0.139. The van der Waals surface area contributed by atoms with Crippen molar-refractivity contribution >= 4 is 11.9 Å². The Labute approximate surface area is 126 Å². The van der Waals surface area contributed by atoms with Crippen molar-refractivity contribution in [2.75, 3.05) is 0 Å². The lowest BCUT2D eigenvalue weighted by atomic mass is 10.0. The molecule has 0 bridgehead atoms. The van der Waals surface area contributed by atoms with Gasteiger partial charge in [0.25, 0.3) is 5.91 Å². The Morgan fingerprint density at radius 2 is 2.18 bits per heavy atom. The third-order valence-electron chi connectivity index (χ3n) is 3.28. The highest BCUT2D eigenvalue weighted by Crippen LogP contribution is 2.20. The van der Waals surface area contributed by atoms with Gasteiger partial charge in [-0.05, 0) is 20.3 Å². The lowest BCUT2D eigenvalue weighted by Gasteiger charge is -2.14. The summed E-state index contributed by atoms with van der Waals surface area (Å²) in [6.45, 7) is 5.36. The van der Waals surface area contributed by atoms with E-state index in [2.05, 4.69) is 20.7 Å². The van der Waals surface area contributed by atoms with Crippen LogP contribution in [0.1, 0.15) is 52.6 Å². The zero-order valence-electron chi connectivity index (χ0n) is 12.6. The van der Waals surface area contributed by atoms with Crippen molar-refractivity contribution in [3.05, 3.63) is 34.5 Å². The molecule has 0 radical (unpaired) electrons. The number of aromatic nitrogens is 3. The summed E-state index contributed by atoms with van der Waals surface area (Å²) < 4.78 is 5.03. The van der Waals surface area contributed by atoms with E-state index in [-0.39, 0.29) is 5.69 Å². The van der Waals surface area contributed by atoms with E-state index in [9.17, 15) is 14.7 Å². The average Bonchev–Trinajstić information content (AvgIpc) is 3.04. The van der Waals surface area contributed by atoms with E-state index in [1.165, 1.54) is 6.07 Å². The monoisotopic (exact) mass is 306 g/mol. The molecule has 118 valence electrons. The van der Waals surface area contributed by atoms with Gasteiger partial charge >= 0.3 is 5.97 Å². The van der Waals surface area contributed by atoms with Crippen LogP contribution in [0.25, 0.3) is 0 Å². The zero-order valence-corrected chi connectivity index (χ0v) is 12.6. The number of carbonyl (C=O) groups excluding carboxylic acids is 1. The van der Waals surface area contributed by atoms with Gasteiger partial charge in [-0.25, -0.2) is 4.79 Å². The highest BCUT2D eigenvalue weighted by atomic mass is 16.5. The Hall–Kier alpha value is -2.64. The fourth-order valence-electron chi connectivity index (χ4n) is 2.23. The van der Waals surface area contributed by atoms with E-state index in [0.717, 1.165) is 6.42 Å². The smallest absolute Gasteiger partial charge is 0.331 e. The van der Waals surface area contributed by atoms with Crippen molar-refractivity contribution in [1.29, 1.82) is 0 Å². The van der Waals surface area contributed by atoms with Gasteiger partial charge < -0.3 is 14.9 Å². The highest BCUT2D eigenvalue weighted by molar-refractivity contribution is 5.95. The quantitative estimate of drug-likeness (QED) is 0.744. The van der Waals surface area contributed by atoms with Gasteiger partial charge in [0.1, 0.15) is 5.76 Å². The predicted octanol–water partition coefficient (Wildman–Crippen LogP) is 1.52. The molecule has 0 fully saturated rings. The third-order valence-corrected chi connectivity index (χ3v) is 3.28. The Kier molecular flexibility index (Phi) is 4.59. The second kappa shape index (κ2) is 6.42. The summed E-state index contributed by atoms with van der Waals surface area (Å²) in [5, 5.41) is 22.2. The normalized spacial score (nSPS) is 12.1. The van der Waals surface area contributed by atoms with Crippen molar-refractivity contribution in [2.45, 2.75) is 39.7 Å². The number of rotatable bonds is 6. The van der Waals surface area contributed by atoms with Crippen LogP contribution in [-0.2, 0) is 11.2 Å². The molecular formula is C14H18N4O4. The molecule has 2 aromatic heterocycles. The maximum atomic E-state index is 12.2. The molecule has 3 N–H and O–H groups in total. The number of carbonyl (C=O) groups is 2. The first-order valence-corrected chi connectivity index (χ1v) is 6.94. The maximum Gasteiger partial charge on any atom is 0.331 e. The number of hydrogen-bond donors (Lipinski definition) is 3. The Morgan fingerprint density at radius 1 is 1.45 bits per heavy atom. The van der Waals surface area contributed by atoms with Crippen LogP contribution in [-0.4, -0.2) is 32.3 Å². The summed E-state index contributed by atoms with van der Waals surface area (Å²) in [4.78, 5) is 23.6. The summed E-state index contributed by atoms with van der Waals surface area (Å²) in [6.07, 6.45) is 1.53. The number of aromatic amines is 1. The highest BCUT2D eigenvalue weighted by Gasteiger charge is 2.28. The molecule has 0 aliphatic carbocycles. The molecule has 0 saturated heterocycles. The molecule has 8 heteroatoms. The van der Waals surface area contributed by atoms with Gasteiger partial charge in [0, 0.05) is 23.7 Å². The molecule has 1 amide bonds. The molecule has 0 aliphatic heterocycles. The van der Waals surface area contributed by atoms with Crippen molar-refractivity contribution in [1.82, 2.24) is 20.7 Å². The van der Waals surface area contributed by atoms with Crippen LogP contribution in [0.3, 0.4) is 0 Å². The Bertz CT molecular complexity index is 669. The number of nitrogens with one attached hydrogen (secondary N) is 2. The number of hydrogen-bond acceptors (Lipinski definition) is 5. The van der Waals surface area contributed by atoms with Gasteiger partial charge in [0.05, 0.1) is 5.69 Å². The standard InChI is InChI=1S/C14H18N4O4/c1-4-5-9-6-10(18-22-9)13(19)15-12(14(20)21)11-7(2)16-17-8(11)3/h6,12H,4-5H2,1-3H3,(H,15,19)(H,16,17)(H,20,21)/t12-/m1/s1. The van der Waals surface area contributed by atoms with Gasteiger partial charge in [-0.3, -0.25) is 9.89 Å². The summed E-state index contributed by atoms with van der Waals surface area (Å²) in [5.74, 6) is -1.17. The number of nitrogens with zero attached hydrogens (tertiary/aromatic N) is 2. The van der Waals surface area contributed by atoms with E-state index in [1.54, 1.807) is 13.8 Å².